The molecule has 0 saturated carbocycles. The molecule has 3 saturated heterocycles. The van der Waals surface area contributed by atoms with Crippen molar-refractivity contribution >= 4 is 86.0 Å². The molecule has 0 atom stereocenters. The van der Waals surface area contributed by atoms with Gasteiger partial charge in [0.25, 0.3) is 0 Å². The van der Waals surface area contributed by atoms with Gasteiger partial charge in [-0.1, -0.05) is 61.1 Å². The van der Waals surface area contributed by atoms with E-state index in [1.54, 1.807) is 0 Å². The minimum Gasteiger partial charge on any atom is -0.378 e. The first-order valence-corrected chi connectivity index (χ1v) is 16.6. The van der Waals surface area contributed by atoms with Crippen LogP contribution in [-0.2, 0) is 4.74 Å². The van der Waals surface area contributed by atoms with E-state index in [2.05, 4.69) is 33.4 Å². The van der Waals surface area contributed by atoms with Gasteiger partial charge in [0.15, 0.2) is 0 Å². The van der Waals surface area contributed by atoms with Crippen molar-refractivity contribution in [2.45, 2.75) is 80.6 Å². The van der Waals surface area contributed by atoms with Gasteiger partial charge >= 0.3 is 0 Å². The number of likely N-dealkylation sites (tertiary alicyclic amines) is 2. The minimum atomic E-state index is 0.827. The number of ether oxygens (including phenoxy) is 1. The van der Waals surface area contributed by atoms with Crippen LogP contribution in [-0.4, -0.2) is 129 Å². The first-order chi connectivity index (χ1) is 18.8. The molecule has 3 aliphatic heterocycles. The Morgan fingerprint density at radius 1 is 0.550 bits per heavy atom. The predicted octanol–water partition coefficient (Wildman–Crippen LogP) is 6.49. The van der Waals surface area contributed by atoms with E-state index in [0.717, 1.165) is 64.3 Å². The van der Waals surface area contributed by atoms with Crippen molar-refractivity contribution < 1.29 is 4.74 Å². The van der Waals surface area contributed by atoms with Gasteiger partial charge in [-0.15, -0.1) is 0 Å². The van der Waals surface area contributed by atoms with E-state index in [1.807, 2.05) is 53.6 Å². The summed E-state index contributed by atoms with van der Waals surface area (Å²) in [6.45, 7) is 24.5. The molecule has 3 heterocycles. The van der Waals surface area contributed by atoms with Gasteiger partial charge in [0.1, 0.15) is 0 Å². The molecule has 234 valence electrons. The highest BCUT2D eigenvalue weighted by Crippen LogP contribution is 2.09. The van der Waals surface area contributed by atoms with E-state index < -0.39 is 0 Å². The maximum atomic E-state index is 5.15. The topological polar surface area (TPSA) is 25.4 Å². The van der Waals surface area contributed by atoms with Gasteiger partial charge in [0, 0.05) is 66.5 Å². The number of rotatable bonds is 2. The summed E-state index contributed by atoms with van der Waals surface area (Å²) < 4.78 is 5.15. The zero-order valence-electron chi connectivity index (χ0n) is 26.8. The lowest BCUT2D eigenvalue weighted by molar-refractivity contribution is 0.0688. The van der Waals surface area contributed by atoms with Crippen LogP contribution in [0.1, 0.15) is 80.6 Å². The Balaban J connectivity index is 0. The molecular formula is C29H57N5OS5. The molecule has 0 bridgehead atoms. The zero-order valence-corrected chi connectivity index (χ0v) is 30.9. The molecule has 11 heteroatoms. The second-order valence-corrected chi connectivity index (χ2v) is 13.0. The van der Waals surface area contributed by atoms with Crippen molar-refractivity contribution in [3.63, 3.8) is 0 Å². The smallest absolute Gasteiger partial charge is 0.0749 e. The summed E-state index contributed by atoms with van der Waals surface area (Å²) in [5.41, 5.74) is 0. The second kappa shape index (κ2) is 26.1. The summed E-state index contributed by atoms with van der Waals surface area (Å²) in [5.74, 6) is 0. The number of piperidine rings is 1. The van der Waals surface area contributed by atoms with Crippen molar-refractivity contribution in [2.75, 3.05) is 79.7 Å². The summed E-state index contributed by atoms with van der Waals surface area (Å²) in [4.78, 5) is 15.8. The summed E-state index contributed by atoms with van der Waals surface area (Å²) in [6, 6.07) is 0. The number of hydrogen-bond donors (Lipinski definition) is 0. The van der Waals surface area contributed by atoms with Crippen LogP contribution < -0.4 is 0 Å². The van der Waals surface area contributed by atoms with Gasteiger partial charge in [-0.25, -0.2) is 0 Å². The maximum absolute atomic E-state index is 5.15. The summed E-state index contributed by atoms with van der Waals surface area (Å²) >= 11 is 24.7. The molecule has 40 heavy (non-hydrogen) atoms. The monoisotopic (exact) mass is 651 g/mol. The maximum Gasteiger partial charge on any atom is 0.0749 e. The fraction of sp³-hybridized carbons (Fsp3) is 0.828. The quantitative estimate of drug-likeness (QED) is 0.307. The Kier molecular flexibility index (Phi) is 27.1. The van der Waals surface area contributed by atoms with Crippen molar-refractivity contribution in [2.24, 2.45) is 0 Å². The standard InChI is InChI=1S/C7H13NS.C6H11NOS.C6H11NS.C6H13NS.C4H9NS/c1-7(9)8-5-3-2-4-6-8;1-6(9)7-2-4-8-5-3-7;1-6(8)7-4-2-3-5-7;1-4-7(5-2)6(3)8;1-4(6)5(2)3/h2-6H2,1H3;2-5H2,1H3;2-5H2,1H3;4-5H2,1-3H3;1-3H3. The molecule has 0 amide bonds. The van der Waals surface area contributed by atoms with E-state index in [4.69, 9.17) is 65.8 Å². The van der Waals surface area contributed by atoms with Crippen molar-refractivity contribution in [3.8, 4) is 0 Å². The van der Waals surface area contributed by atoms with Crippen LogP contribution in [0.3, 0.4) is 0 Å². The molecule has 6 nitrogen and oxygen atoms in total. The Hall–Kier alpha value is -0.590. The van der Waals surface area contributed by atoms with Gasteiger partial charge < -0.3 is 29.2 Å². The predicted molar refractivity (Wildman–Crippen MR) is 197 cm³/mol. The van der Waals surface area contributed by atoms with Crippen LogP contribution in [0.15, 0.2) is 0 Å². The number of hydrogen-bond acceptors (Lipinski definition) is 6. The molecule has 0 N–H and O–H groups in total. The van der Waals surface area contributed by atoms with Crippen molar-refractivity contribution in [3.05, 3.63) is 0 Å². The molecule has 3 fully saturated rings. The minimum absolute atomic E-state index is 0.827. The highest BCUT2D eigenvalue weighted by atomic mass is 32.1. The van der Waals surface area contributed by atoms with Gasteiger partial charge in [-0.2, -0.15) is 0 Å². The van der Waals surface area contributed by atoms with Crippen molar-refractivity contribution in [1.82, 2.24) is 24.5 Å². The molecule has 3 aliphatic rings. The van der Waals surface area contributed by atoms with Gasteiger partial charge in [-0.05, 0) is 80.6 Å². The second-order valence-electron chi connectivity index (χ2n) is 10.0. The fourth-order valence-electron chi connectivity index (χ4n) is 3.79. The SMILES string of the molecule is CC(=S)N(C)C.CC(=S)N1CCCC1.CC(=S)N1CCCCC1.CC(=S)N1CCOCC1.CCN(CC)C(C)=S. The Bertz CT molecular complexity index is 688. The molecule has 0 aromatic rings. The average molecular weight is 652 g/mol. The lowest BCUT2D eigenvalue weighted by Gasteiger charge is -2.27. The summed E-state index contributed by atoms with van der Waals surface area (Å²) in [6.07, 6.45) is 6.70. The average Bonchev–Trinajstić information content (AvgIpc) is 3.47. The van der Waals surface area contributed by atoms with E-state index in [-0.39, 0.29) is 0 Å². The third-order valence-electron chi connectivity index (χ3n) is 6.65. The van der Waals surface area contributed by atoms with Crippen LogP contribution in [0.2, 0.25) is 0 Å². The summed E-state index contributed by atoms with van der Waals surface area (Å²) in [7, 11) is 3.87. The number of nitrogens with zero attached hydrogens (tertiary/aromatic N) is 5. The first-order valence-electron chi connectivity index (χ1n) is 14.6. The van der Waals surface area contributed by atoms with Crippen LogP contribution in [0, 0.1) is 0 Å². The van der Waals surface area contributed by atoms with Crippen LogP contribution >= 0.6 is 61.1 Å². The Labute approximate surface area is 274 Å². The largest absolute Gasteiger partial charge is 0.378 e. The van der Waals surface area contributed by atoms with E-state index in [9.17, 15) is 0 Å². The molecule has 3 rings (SSSR count). The first kappa shape index (κ1) is 41.5. The molecule has 0 radical (unpaired) electrons. The van der Waals surface area contributed by atoms with Crippen LogP contribution in [0.4, 0.5) is 0 Å². The normalized spacial score (nSPS) is 15.8. The highest BCUT2D eigenvalue weighted by molar-refractivity contribution is 7.81. The lowest BCUT2D eigenvalue weighted by Crippen LogP contribution is -2.38. The molecule has 0 aliphatic carbocycles. The number of morpholine rings is 1. The van der Waals surface area contributed by atoms with Crippen LogP contribution in [0.5, 0.6) is 0 Å². The zero-order chi connectivity index (χ0) is 31.1. The third-order valence-corrected chi connectivity index (χ3v) is 8.05. The van der Waals surface area contributed by atoms with E-state index in [0.29, 0.717) is 0 Å². The van der Waals surface area contributed by atoms with Gasteiger partial charge in [0.2, 0.25) is 0 Å². The highest BCUT2D eigenvalue weighted by Gasteiger charge is 2.10. The van der Waals surface area contributed by atoms with Gasteiger partial charge in [-0.3, -0.25) is 0 Å². The third kappa shape index (κ3) is 23.0. The number of thiocarbonyl (C=S) groups is 5. The van der Waals surface area contributed by atoms with Crippen molar-refractivity contribution in [1.29, 1.82) is 0 Å². The Morgan fingerprint density at radius 2 is 0.850 bits per heavy atom. The van der Waals surface area contributed by atoms with Crippen LogP contribution in [0.25, 0.3) is 0 Å². The Morgan fingerprint density at radius 3 is 1.02 bits per heavy atom. The molecule has 0 aromatic carbocycles. The lowest BCUT2D eigenvalue weighted by atomic mass is 10.1. The van der Waals surface area contributed by atoms with Gasteiger partial charge in [0.05, 0.1) is 38.2 Å². The molecular weight excluding hydrogens is 595 g/mol. The fourth-order valence-corrected chi connectivity index (χ4v) is 4.59. The van der Waals surface area contributed by atoms with E-state index >= 15 is 0 Å². The molecule has 0 spiro atoms. The summed E-state index contributed by atoms with van der Waals surface area (Å²) in [5, 5.41) is 0. The molecule has 0 unspecified atom stereocenters. The van der Waals surface area contributed by atoms with E-state index in [1.165, 1.54) is 58.3 Å². The molecule has 0 aromatic heterocycles.